The minimum absolute atomic E-state index is 0. The van der Waals surface area contributed by atoms with Gasteiger partial charge in [-0.1, -0.05) is 0 Å². The van der Waals surface area contributed by atoms with Crippen LogP contribution in [0.2, 0.25) is 0 Å². The molecular weight excluding hydrogens is 194 g/mol. The Labute approximate surface area is 68.8 Å². The van der Waals surface area contributed by atoms with Crippen molar-refractivity contribution in [3.05, 3.63) is 0 Å². The van der Waals surface area contributed by atoms with Crippen LogP contribution in [0.15, 0.2) is 0 Å². The standard InChI is InChI=1S/C3H7ClNO4P.H3N/c4-1-2-9-10(7,8)3(5)6;/h1-2H2,(H2,5,6)(H,7,8);1H3. The minimum atomic E-state index is -4.23. The Hall–Kier alpha value is -0.130. The number of carbonyl (C=O) groups is 1. The largest absolute Gasteiger partial charge is 0.415 e. The van der Waals surface area contributed by atoms with Gasteiger partial charge < -0.3 is 21.3 Å². The summed E-state index contributed by atoms with van der Waals surface area (Å²) in [5, 5.41) is 0. The molecule has 0 fully saturated rings. The van der Waals surface area contributed by atoms with Gasteiger partial charge in [-0.05, 0) is 0 Å². The molecule has 1 atom stereocenters. The third-order valence-corrected chi connectivity index (χ3v) is 1.87. The number of amides is 1. The highest BCUT2D eigenvalue weighted by Gasteiger charge is 2.26. The molecule has 0 saturated heterocycles. The summed E-state index contributed by atoms with van der Waals surface area (Å²) < 4.78 is 14.6. The number of alkyl halides is 1. The van der Waals surface area contributed by atoms with Crippen LogP contribution >= 0.6 is 19.2 Å². The van der Waals surface area contributed by atoms with E-state index in [0.717, 1.165) is 0 Å². The van der Waals surface area contributed by atoms with Gasteiger partial charge >= 0.3 is 13.2 Å². The van der Waals surface area contributed by atoms with Gasteiger partial charge in [0.2, 0.25) is 0 Å². The van der Waals surface area contributed by atoms with Crippen molar-refractivity contribution in [1.82, 2.24) is 6.15 Å². The van der Waals surface area contributed by atoms with Crippen LogP contribution in [0.1, 0.15) is 0 Å². The number of nitrogens with two attached hydrogens (primary N) is 1. The number of halogens is 1. The van der Waals surface area contributed by atoms with Gasteiger partial charge in [0.15, 0.2) is 0 Å². The van der Waals surface area contributed by atoms with Gasteiger partial charge in [-0.25, -0.2) is 4.57 Å². The van der Waals surface area contributed by atoms with Crippen LogP contribution in [0.25, 0.3) is 0 Å². The first kappa shape index (κ1) is 13.5. The molecule has 0 aliphatic carbocycles. The van der Waals surface area contributed by atoms with E-state index in [1.54, 1.807) is 0 Å². The zero-order chi connectivity index (χ0) is 8.20. The van der Waals surface area contributed by atoms with E-state index in [2.05, 4.69) is 10.3 Å². The molecular formula is C3H10ClN2O4P. The molecule has 0 spiro atoms. The lowest BCUT2D eigenvalue weighted by atomic mass is 10.9. The highest BCUT2D eigenvalue weighted by atomic mass is 35.5. The van der Waals surface area contributed by atoms with Crippen molar-refractivity contribution in [3.63, 3.8) is 0 Å². The summed E-state index contributed by atoms with van der Waals surface area (Å²) in [7, 11) is -4.23. The molecule has 1 unspecified atom stereocenters. The summed E-state index contributed by atoms with van der Waals surface area (Å²) in [5.74, 6) is 0.0395. The van der Waals surface area contributed by atoms with Crippen LogP contribution in [-0.4, -0.2) is 23.0 Å². The highest BCUT2D eigenvalue weighted by molar-refractivity contribution is 7.70. The second-order valence-corrected chi connectivity index (χ2v) is 3.50. The molecule has 0 aromatic rings. The van der Waals surface area contributed by atoms with Gasteiger partial charge in [-0.3, -0.25) is 4.79 Å². The van der Waals surface area contributed by atoms with E-state index >= 15 is 0 Å². The van der Waals surface area contributed by atoms with E-state index in [0.29, 0.717) is 0 Å². The summed E-state index contributed by atoms with van der Waals surface area (Å²) in [6, 6.07) is 0. The third kappa shape index (κ3) is 5.17. The monoisotopic (exact) mass is 204 g/mol. The molecule has 8 heteroatoms. The molecule has 0 saturated carbocycles. The maximum absolute atomic E-state index is 10.5. The lowest BCUT2D eigenvalue weighted by Crippen LogP contribution is -2.11. The Kier molecular flexibility index (Phi) is 6.74. The molecule has 68 valence electrons. The van der Waals surface area contributed by atoms with E-state index in [1.807, 2.05) is 0 Å². The third-order valence-electron chi connectivity index (χ3n) is 0.622. The average molecular weight is 205 g/mol. The van der Waals surface area contributed by atoms with Gasteiger partial charge in [0, 0.05) is 5.88 Å². The molecule has 0 radical (unpaired) electrons. The van der Waals surface area contributed by atoms with Crippen LogP contribution in [0.4, 0.5) is 4.79 Å². The van der Waals surface area contributed by atoms with E-state index in [1.165, 1.54) is 0 Å². The highest BCUT2D eigenvalue weighted by Crippen LogP contribution is 2.41. The fraction of sp³-hybridized carbons (Fsp3) is 0.667. The SMILES string of the molecule is N.NC(=O)P(=O)(O)OCCCl. The molecule has 0 heterocycles. The second kappa shape index (κ2) is 5.51. The Morgan fingerprint density at radius 3 is 2.45 bits per heavy atom. The summed E-state index contributed by atoms with van der Waals surface area (Å²) in [6.45, 7) is -0.168. The average Bonchev–Trinajstić information content (AvgIpc) is 1.84. The van der Waals surface area contributed by atoms with E-state index in [4.69, 9.17) is 16.5 Å². The summed E-state index contributed by atoms with van der Waals surface area (Å²) >= 11 is 5.10. The lowest BCUT2D eigenvalue weighted by molar-refractivity contribution is 0.240. The van der Waals surface area contributed by atoms with Crippen LogP contribution in [0.5, 0.6) is 0 Å². The maximum atomic E-state index is 10.5. The Balaban J connectivity index is 0. The zero-order valence-corrected chi connectivity index (χ0v) is 7.35. The van der Waals surface area contributed by atoms with Crippen molar-refractivity contribution in [2.45, 2.75) is 0 Å². The summed E-state index contributed by atoms with van der Waals surface area (Å²) in [4.78, 5) is 18.6. The van der Waals surface area contributed by atoms with Crippen molar-refractivity contribution in [2.75, 3.05) is 12.5 Å². The van der Waals surface area contributed by atoms with Gasteiger partial charge in [-0.2, -0.15) is 0 Å². The van der Waals surface area contributed by atoms with Crippen molar-refractivity contribution in [1.29, 1.82) is 0 Å². The van der Waals surface area contributed by atoms with Crippen LogP contribution in [0.3, 0.4) is 0 Å². The summed E-state index contributed by atoms with van der Waals surface area (Å²) in [6.07, 6.45) is 0. The number of primary amides is 1. The first-order chi connectivity index (χ1) is 4.50. The van der Waals surface area contributed by atoms with E-state index in [-0.39, 0.29) is 18.6 Å². The van der Waals surface area contributed by atoms with Crippen LogP contribution < -0.4 is 11.9 Å². The van der Waals surface area contributed by atoms with Crippen molar-refractivity contribution >= 4 is 24.8 Å². The Morgan fingerprint density at radius 2 is 2.18 bits per heavy atom. The molecule has 0 aliphatic rings. The Morgan fingerprint density at radius 1 is 1.73 bits per heavy atom. The van der Waals surface area contributed by atoms with Gasteiger partial charge in [-0.15, -0.1) is 11.6 Å². The van der Waals surface area contributed by atoms with Gasteiger partial charge in [0.25, 0.3) is 0 Å². The first-order valence-electron chi connectivity index (χ1n) is 2.34. The Bertz CT molecular complexity index is 175. The maximum Gasteiger partial charge on any atom is 0.415 e. The van der Waals surface area contributed by atoms with Crippen molar-refractivity contribution in [3.8, 4) is 0 Å². The predicted octanol–water partition coefficient (Wildman–Crippen LogP) is 0.668. The number of carbonyl (C=O) groups excluding carboxylic acids is 1. The topological polar surface area (TPSA) is 125 Å². The van der Waals surface area contributed by atoms with Crippen molar-refractivity contribution in [2.24, 2.45) is 5.73 Å². The van der Waals surface area contributed by atoms with E-state index < -0.39 is 13.2 Å². The predicted molar refractivity (Wildman–Crippen MR) is 41.1 cm³/mol. The smallest absolute Gasteiger partial charge is 0.359 e. The van der Waals surface area contributed by atoms with Crippen LogP contribution in [0, 0.1) is 0 Å². The van der Waals surface area contributed by atoms with Gasteiger partial charge in [0.1, 0.15) is 0 Å². The number of hydrogen-bond donors (Lipinski definition) is 3. The fourth-order valence-corrected chi connectivity index (χ4v) is 0.873. The summed E-state index contributed by atoms with van der Waals surface area (Å²) in [5.41, 5.74) is 3.13. The number of hydrogen-bond acceptors (Lipinski definition) is 4. The molecule has 11 heavy (non-hydrogen) atoms. The van der Waals surface area contributed by atoms with Crippen molar-refractivity contribution < 1.29 is 18.8 Å². The molecule has 0 aromatic carbocycles. The molecule has 6 nitrogen and oxygen atoms in total. The normalized spacial score (nSPS) is 14.7. The zero-order valence-electron chi connectivity index (χ0n) is 5.70. The van der Waals surface area contributed by atoms with Gasteiger partial charge in [0.05, 0.1) is 6.61 Å². The minimum Gasteiger partial charge on any atom is -0.359 e. The quantitative estimate of drug-likeness (QED) is 0.458. The molecule has 0 aromatic heterocycles. The molecule has 0 bridgehead atoms. The molecule has 0 aliphatic heterocycles. The molecule has 0 rings (SSSR count). The first-order valence-corrected chi connectivity index (χ1v) is 4.45. The molecule has 1 amide bonds. The second-order valence-electron chi connectivity index (χ2n) is 1.38. The van der Waals surface area contributed by atoms with E-state index in [9.17, 15) is 9.36 Å². The van der Waals surface area contributed by atoms with Crippen LogP contribution in [-0.2, 0) is 9.09 Å². The number of rotatable bonds is 4. The fourth-order valence-electron chi connectivity index (χ4n) is 0.222. The lowest BCUT2D eigenvalue weighted by Gasteiger charge is -2.04. The molecule has 6 N–H and O–H groups in total.